The van der Waals surface area contributed by atoms with E-state index >= 15 is 0 Å². The van der Waals surface area contributed by atoms with E-state index in [9.17, 15) is 9.59 Å². The summed E-state index contributed by atoms with van der Waals surface area (Å²) in [7, 11) is 0. The summed E-state index contributed by atoms with van der Waals surface area (Å²) in [6.07, 6.45) is 4.94. The summed E-state index contributed by atoms with van der Waals surface area (Å²) in [5.74, 6) is 0.280. The van der Waals surface area contributed by atoms with Crippen LogP contribution in [0.5, 0.6) is 0 Å². The molecule has 1 saturated heterocycles. The molecule has 1 N–H and O–H groups in total. The summed E-state index contributed by atoms with van der Waals surface area (Å²) in [4.78, 5) is 31.8. The van der Waals surface area contributed by atoms with E-state index in [1.165, 1.54) is 29.7 Å². The Balaban J connectivity index is 1.33. The molecule has 2 heterocycles. The van der Waals surface area contributed by atoms with E-state index in [0.717, 1.165) is 27.2 Å². The molecule has 2 amide bonds. The Morgan fingerprint density at radius 2 is 1.84 bits per heavy atom. The molecule has 3 unspecified atom stereocenters. The normalized spacial score (nSPS) is 24.3. The second kappa shape index (κ2) is 8.17. The van der Waals surface area contributed by atoms with Crippen molar-refractivity contribution in [1.82, 2.24) is 10.3 Å². The number of thiazole rings is 1. The molecule has 6 heteroatoms. The second-order valence-corrected chi connectivity index (χ2v) is 9.93. The monoisotopic (exact) mass is 433 g/mol. The lowest BCUT2D eigenvalue weighted by Crippen LogP contribution is -2.47. The fourth-order valence-electron chi connectivity index (χ4n) is 4.76. The summed E-state index contributed by atoms with van der Waals surface area (Å²) < 4.78 is 1.16. The van der Waals surface area contributed by atoms with Crippen LogP contribution in [0.2, 0.25) is 0 Å². The van der Waals surface area contributed by atoms with E-state index < -0.39 is 6.04 Å². The Kier molecular flexibility index (Phi) is 5.36. The number of imide groups is 1. The zero-order valence-electron chi connectivity index (χ0n) is 17.9. The fraction of sp³-hybridized carbons (Fsp3) is 0.400. The van der Waals surface area contributed by atoms with Gasteiger partial charge in [0.2, 0.25) is 5.91 Å². The summed E-state index contributed by atoms with van der Waals surface area (Å²) in [6, 6.07) is 13.8. The van der Waals surface area contributed by atoms with Crippen LogP contribution in [0.25, 0.3) is 20.8 Å². The SMILES string of the molecule is Cc1ccc2nc(-c3ccc(N4C(=O)CC(NC5CCCCC5C)C4=O)cc3)sc2c1. The number of aromatic nitrogens is 1. The van der Waals surface area contributed by atoms with Gasteiger partial charge in [0.15, 0.2) is 0 Å². The number of benzene rings is 2. The molecule has 5 nitrogen and oxygen atoms in total. The number of nitrogens with zero attached hydrogens (tertiary/aromatic N) is 2. The third-order valence-electron chi connectivity index (χ3n) is 6.59. The Morgan fingerprint density at radius 1 is 1.06 bits per heavy atom. The second-order valence-electron chi connectivity index (χ2n) is 8.90. The lowest BCUT2D eigenvalue weighted by molar-refractivity contribution is -0.121. The largest absolute Gasteiger partial charge is 0.302 e. The number of hydrogen-bond acceptors (Lipinski definition) is 5. The van der Waals surface area contributed by atoms with Gasteiger partial charge in [-0.2, -0.15) is 0 Å². The third-order valence-corrected chi connectivity index (χ3v) is 7.66. The predicted molar refractivity (Wildman–Crippen MR) is 125 cm³/mol. The Hall–Kier alpha value is -2.57. The number of rotatable bonds is 4. The number of carbonyl (C=O) groups is 2. The highest BCUT2D eigenvalue weighted by atomic mass is 32.1. The first kappa shape index (κ1) is 20.3. The van der Waals surface area contributed by atoms with Gasteiger partial charge in [-0.1, -0.05) is 25.8 Å². The average molecular weight is 434 g/mol. The number of hydrogen-bond donors (Lipinski definition) is 1. The first-order valence-corrected chi connectivity index (χ1v) is 11.9. The van der Waals surface area contributed by atoms with Crippen LogP contribution < -0.4 is 10.2 Å². The molecule has 1 saturated carbocycles. The zero-order valence-corrected chi connectivity index (χ0v) is 18.7. The Bertz CT molecular complexity index is 1140. The van der Waals surface area contributed by atoms with Crippen LogP contribution in [0.15, 0.2) is 42.5 Å². The maximum atomic E-state index is 13.0. The number of amides is 2. The van der Waals surface area contributed by atoms with Crippen LogP contribution in [0.1, 0.15) is 44.6 Å². The predicted octanol–water partition coefficient (Wildman–Crippen LogP) is 5.07. The van der Waals surface area contributed by atoms with Crippen molar-refractivity contribution in [2.45, 2.75) is 58.0 Å². The highest BCUT2D eigenvalue weighted by Gasteiger charge is 2.41. The van der Waals surface area contributed by atoms with Crippen molar-refractivity contribution in [3.8, 4) is 10.6 Å². The van der Waals surface area contributed by atoms with Gasteiger partial charge in [-0.05, 0) is 67.6 Å². The molecule has 160 valence electrons. The Labute approximate surface area is 186 Å². The fourth-order valence-corrected chi connectivity index (χ4v) is 5.83. The molecule has 3 aromatic rings. The minimum absolute atomic E-state index is 0.130. The molecule has 1 aromatic heterocycles. The van der Waals surface area contributed by atoms with Gasteiger partial charge in [-0.3, -0.25) is 9.59 Å². The van der Waals surface area contributed by atoms with E-state index in [-0.39, 0.29) is 18.2 Å². The van der Waals surface area contributed by atoms with Crippen LogP contribution in [-0.2, 0) is 9.59 Å². The molecule has 3 atom stereocenters. The third kappa shape index (κ3) is 3.90. The van der Waals surface area contributed by atoms with Crippen molar-refractivity contribution in [1.29, 1.82) is 0 Å². The van der Waals surface area contributed by atoms with E-state index in [2.05, 4.69) is 31.3 Å². The average Bonchev–Trinajstić information content (AvgIpc) is 3.30. The summed E-state index contributed by atoms with van der Waals surface area (Å²) in [5.41, 5.74) is 3.84. The van der Waals surface area contributed by atoms with Crippen molar-refractivity contribution >= 4 is 39.1 Å². The van der Waals surface area contributed by atoms with Gasteiger partial charge in [0.25, 0.3) is 5.91 Å². The van der Waals surface area contributed by atoms with Gasteiger partial charge >= 0.3 is 0 Å². The van der Waals surface area contributed by atoms with Crippen LogP contribution in [-0.4, -0.2) is 28.9 Å². The standard InChI is InChI=1S/C25H27N3O2S/c1-15-7-12-20-22(13-15)31-24(27-20)17-8-10-18(11-9-17)28-23(29)14-21(25(28)30)26-19-6-4-3-5-16(19)2/h7-13,16,19,21,26H,3-6,14H2,1-2H3. The number of anilines is 1. The minimum atomic E-state index is -0.412. The van der Waals surface area contributed by atoms with E-state index in [0.29, 0.717) is 17.6 Å². The van der Waals surface area contributed by atoms with Crippen molar-refractivity contribution in [2.75, 3.05) is 4.90 Å². The van der Waals surface area contributed by atoms with E-state index in [1.54, 1.807) is 11.3 Å². The molecule has 1 aliphatic heterocycles. The van der Waals surface area contributed by atoms with Crippen molar-refractivity contribution < 1.29 is 9.59 Å². The molecule has 2 fully saturated rings. The molecule has 2 aliphatic rings. The highest BCUT2D eigenvalue weighted by Crippen LogP contribution is 2.33. The quantitative estimate of drug-likeness (QED) is 0.584. The molecule has 2 aromatic carbocycles. The Morgan fingerprint density at radius 3 is 2.61 bits per heavy atom. The molecule has 0 spiro atoms. The van der Waals surface area contributed by atoms with Crippen LogP contribution in [0, 0.1) is 12.8 Å². The zero-order chi connectivity index (χ0) is 21.5. The van der Waals surface area contributed by atoms with Crippen molar-refractivity contribution in [3.63, 3.8) is 0 Å². The van der Waals surface area contributed by atoms with E-state index in [4.69, 9.17) is 4.98 Å². The lowest BCUT2D eigenvalue weighted by atomic mass is 9.85. The van der Waals surface area contributed by atoms with Crippen LogP contribution in [0.3, 0.4) is 0 Å². The molecule has 0 bridgehead atoms. The van der Waals surface area contributed by atoms with Gasteiger partial charge in [0, 0.05) is 11.6 Å². The summed E-state index contributed by atoms with van der Waals surface area (Å²) in [6.45, 7) is 4.31. The van der Waals surface area contributed by atoms with Crippen LogP contribution >= 0.6 is 11.3 Å². The molecular weight excluding hydrogens is 406 g/mol. The number of carbonyl (C=O) groups excluding carboxylic acids is 2. The topological polar surface area (TPSA) is 62.3 Å². The number of nitrogens with one attached hydrogen (secondary N) is 1. The van der Waals surface area contributed by atoms with Crippen LogP contribution in [0.4, 0.5) is 5.69 Å². The smallest absolute Gasteiger partial charge is 0.251 e. The molecule has 0 radical (unpaired) electrons. The number of fused-ring (bicyclic) bond motifs is 1. The molecule has 31 heavy (non-hydrogen) atoms. The summed E-state index contributed by atoms with van der Waals surface area (Å²) >= 11 is 1.66. The van der Waals surface area contributed by atoms with Crippen molar-refractivity contribution in [2.24, 2.45) is 5.92 Å². The van der Waals surface area contributed by atoms with E-state index in [1.807, 2.05) is 30.3 Å². The lowest BCUT2D eigenvalue weighted by Gasteiger charge is -2.31. The minimum Gasteiger partial charge on any atom is -0.302 e. The van der Waals surface area contributed by atoms with Crippen molar-refractivity contribution in [3.05, 3.63) is 48.0 Å². The number of aryl methyl sites for hydroxylation is 1. The first-order chi connectivity index (χ1) is 15.0. The maximum Gasteiger partial charge on any atom is 0.251 e. The van der Waals surface area contributed by atoms with Gasteiger partial charge in [-0.15, -0.1) is 11.3 Å². The van der Waals surface area contributed by atoms with Gasteiger partial charge in [0.05, 0.1) is 28.4 Å². The maximum absolute atomic E-state index is 13.0. The highest BCUT2D eigenvalue weighted by molar-refractivity contribution is 7.21. The summed E-state index contributed by atoms with van der Waals surface area (Å²) in [5, 5.41) is 4.43. The molecule has 1 aliphatic carbocycles. The van der Waals surface area contributed by atoms with Gasteiger partial charge < -0.3 is 5.32 Å². The van der Waals surface area contributed by atoms with Gasteiger partial charge in [0.1, 0.15) is 5.01 Å². The molecule has 5 rings (SSSR count). The first-order valence-electron chi connectivity index (χ1n) is 11.1. The molecular formula is C25H27N3O2S. The van der Waals surface area contributed by atoms with Gasteiger partial charge in [-0.25, -0.2) is 9.88 Å².